The summed E-state index contributed by atoms with van der Waals surface area (Å²) < 4.78 is 5.40. The van der Waals surface area contributed by atoms with Crippen molar-refractivity contribution in [3.63, 3.8) is 0 Å². The number of ether oxygens (including phenoxy) is 1. The van der Waals surface area contributed by atoms with Crippen molar-refractivity contribution in [2.75, 3.05) is 7.11 Å². The number of hydrogen-bond acceptors (Lipinski definition) is 2. The van der Waals surface area contributed by atoms with E-state index in [0.29, 0.717) is 11.3 Å². The summed E-state index contributed by atoms with van der Waals surface area (Å²) in [7, 11) is 1.58. The van der Waals surface area contributed by atoms with Gasteiger partial charge in [0.05, 0.1) is 12.7 Å². The van der Waals surface area contributed by atoms with Crippen molar-refractivity contribution in [3.8, 4) is 5.75 Å². The molecule has 0 saturated heterocycles. The standard InChI is InChI=1S/C21H19O2P/c1-23-20-14-9-15-21(19(20)16-22)24(2,17-10-5-3-6-11-17)18-12-7-4-8-13-18/h3-16H,2H2,1H3. The molecular formula is C21H19O2P. The molecule has 0 aliphatic rings. The lowest BCUT2D eigenvalue weighted by atomic mass is 10.2. The highest BCUT2D eigenvalue weighted by atomic mass is 31.2. The maximum Gasteiger partial charge on any atom is 0.154 e. The van der Waals surface area contributed by atoms with Gasteiger partial charge in [-0.05, 0) is 28.9 Å². The molecule has 3 aromatic carbocycles. The molecule has 0 aliphatic carbocycles. The average molecular weight is 334 g/mol. The normalized spacial score (nSPS) is 11.0. The van der Waals surface area contributed by atoms with Crippen LogP contribution in [0.3, 0.4) is 0 Å². The fraction of sp³-hybridized carbons (Fsp3) is 0.0476. The lowest BCUT2D eigenvalue weighted by molar-refractivity contribution is 0.112. The molecule has 0 radical (unpaired) electrons. The first-order valence-corrected chi connectivity index (χ1v) is 9.66. The van der Waals surface area contributed by atoms with Crippen LogP contribution in [-0.2, 0) is 0 Å². The molecule has 3 rings (SSSR count). The predicted octanol–water partition coefficient (Wildman–Crippen LogP) is 3.23. The summed E-state index contributed by atoms with van der Waals surface area (Å²) >= 11 is 0. The maximum atomic E-state index is 11.8. The molecular weight excluding hydrogens is 315 g/mol. The summed E-state index contributed by atoms with van der Waals surface area (Å²) in [6, 6.07) is 26.1. The molecule has 0 bridgehead atoms. The summed E-state index contributed by atoms with van der Waals surface area (Å²) in [5.74, 6) is 0.586. The van der Waals surface area contributed by atoms with Gasteiger partial charge in [0.2, 0.25) is 0 Å². The van der Waals surface area contributed by atoms with Crippen LogP contribution in [0.1, 0.15) is 10.4 Å². The molecule has 120 valence electrons. The highest BCUT2D eigenvalue weighted by Gasteiger charge is 2.26. The van der Waals surface area contributed by atoms with E-state index in [9.17, 15) is 4.79 Å². The Morgan fingerprint density at radius 1 is 0.833 bits per heavy atom. The van der Waals surface area contributed by atoms with Crippen molar-refractivity contribution < 1.29 is 9.53 Å². The Balaban J connectivity index is 2.37. The van der Waals surface area contributed by atoms with Crippen LogP contribution in [0.25, 0.3) is 0 Å². The summed E-state index contributed by atoms with van der Waals surface area (Å²) in [5.41, 5.74) is 0.580. The minimum atomic E-state index is -2.18. The highest BCUT2D eigenvalue weighted by Crippen LogP contribution is 2.43. The Morgan fingerprint density at radius 2 is 1.38 bits per heavy atom. The first-order valence-electron chi connectivity index (χ1n) is 7.69. The van der Waals surface area contributed by atoms with Crippen LogP contribution < -0.4 is 20.7 Å². The Morgan fingerprint density at radius 3 is 1.83 bits per heavy atom. The average Bonchev–Trinajstić information content (AvgIpc) is 2.68. The molecule has 3 heteroatoms. The van der Waals surface area contributed by atoms with Crippen molar-refractivity contribution in [2.24, 2.45) is 0 Å². The first kappa shape index (κ1) is 16.3. The first-order chi connectivity index (χ1) is 11.7. The fourth-order valence-electron chi connectivity index (χ4n) is 2.95. The van der Waals surface area contributed by atoms with Crippen molar-refractivity contribution >= 4 is 35.4 Å². The number of hydrogen-bond donors (Lipinski definition) is 0. The molecule has 0 spiro atoms. The summed E-state index contributed by atoms with van der Waals surface area (Å²) in [6.45, 7) is -2.18. The minimum absolute atomic E-state index is 0.580. The third-order valence-electron chi connectivity index (χ3n) is 4.19. The van der Waals surface area contributed by atoms with E-state index in [2.05, 4.69) is 30.6 Å². The molecule has 0 atom stereocenters. The number of benzene rings is 3. The zero-order valence-electron chi connectivity index (χ0n) is 13.6. The maximum absolute atomic E-state index is 11.8. The van der Waals surface area contributed by atoms with Crippen LogP contribution in [-0.4, -0.2) is 19.7 Å². The Kier molecular flexibility index (Phi) is 4.69. The van der Waals surface area contributed by atoms with Crippen LogP contribution in [0.15, 0.2) is 78.9 Å². The molecule has 0 heterocycles. The fourth-order valence-corrected chi connectivity index (χ4v) is 6.09. The molecule has 0 N–H and O–H groups in total. The number of rotatable bonds is 5. The molecule has 0 aliphatic heterocycles. The number of methoxy groups -OCH3 is 1. The van der Waals surface area contributed by atoms with Crippen molar-refractivity contribution in [1.29, 1.82) is 0 Å². The SMILES string of the molecule is C=P(c1ccccc1)(c1ccccc1)c1cccc(OC)c1C=O. The van der Waals surface area contributed by atoms with Crippen molar-refractivity contribution in [3.05, 3.63) is 84.4 Å². The van der Waals surface area contributed by atoms with Gasteiger partial charge in [-0.3, -0.25) is 4.79 Å². The van der Waals surface area contributed by atoms with Crippen LogP contribution in [0, 0.1) is 0 Å². The van der Waals surface area contributed by atoms with Crippen molar-refractivity contribution in [2.45, 2.75) is 0 Å². The van der Waals surface area contributed by atoms with Gasteiger partial charge >= 0.3 is 0 Å². The van der Waals surface area contributed by atoms with E-state index in [0.717, 1.165) is 22.2 Å². The van der Waals surface area contributed by atoms with Crippen LogP contribution in [0.4, 0.5) is 0 Å². The third kappa shape index (κ3) is 2.70. The summed E-state index contributed by atoms with van der Waals surface area (Å²) in [5, 5.41) is 3.20. The van der Waals surface area contributed by atoms with E-state index in [4.69, 9.17) is 4.74 Å². The van der Waals surface area contributed by atoms with E-state index in [1.165, 1.54) is 0 Å². The smallest absolute Gasteiger partial charge is 0.154 e. The molecule has 0 unspecified atom stereocenters. The van der Waals surface area contributed by atoms with Crippen LogP contribution in [0.5, 0.6) is 5.75 Å². The number of carbonyl (C=O) groups excluding carboxylic acids is 1. The van der Waals surface area contributed by atoms with Gasteiger partial charge in [0.25, 0.3) is 0 Å². The molecule has 2 nitrogen and oxygen atoms in total. The molecule has 3 aromatic rings. The lowest BCUT2D eigenvalue weighted by Gasteiger charge is -2.28. The number of aldehydes is 1. The van der Waals surface area contributed by atoms with E-state index in [1.54, 1.807) is 7.11 Å². The Hall–Kier alpha value is -2.57. The van der Waals surface area contributed by atoms with Gasteiger partial charge in [-0.25, -0.2) is 0 Å². The number of carbonyl (C=O) groups is 1. The Labute approximate surface area is 142 Å². The lowest BCUT2D eigenvalue weighted by Crippen LogP contribution is -2.28. The molecule has 24 heavy (non-hydrogen) atoms. The molecule has 0 fully saturated rings. The second-order valence-corrected chi connectivity index (χ2v) is 8.63. The largest absolute Gasteiger partial charge is 0.496 e. The zero-order valence-corrected chi connectivity index (χ0v) is 14.4. The zero-order chi connectivity index (χ0) is 17.0. The van der Waals surface area contributed by atoms with Gasteiger partial charge in [-0.15, -0.1) is 0 Å². The van der Waals surface area contributed by atoms with Crippen LogP contribution in [0.2, 0.25) is 0 Å². The van der Waals surface area contributed by atoms with Crippen molar-refractivity contribution in [1.82, 2.24) is 0 Å². The topological polar surface area (TPSA) is 26.3 Å². The molecule has 0 amide bonds. The molecule has 0 saturated carbocycles. The van der Waals surface area contributed by atoms with E-state index in [1.807, 2.05) is 54.6 Å². The van der Waals surface area contributed by atoms with Gasteiger partial charge in [-0.1, -0.05) is 79.1 Å². The van der Waals surface area contributed by atoms with E-state index >= 15 is 0 Å². The molecule has 0 aromatic heterocycles. The summed E-state index contributed by atoms with van der Waals surface area (Å²) in [6.07, 6.45) is 5.54. The quantitative estimate of drug-likeness (QED) is 0.529. The van der Waals surface area contributed by atoms with Gasteiger partial charge in [-0.2, -0.15) is 0 Å². The van der Waals surface area contributed by atoms with Crippen LogP contribution >= 0.6 is 6.89 Å². The second-order valence-electron chi connectivity index (χ2n) is 5.49. The monoisotopic (exact) mass is 334 g/mol. The van der Waals surface area contributed by atoms with E-state index < -0.39 is 6.89 Å². The van der Waals surface area contributed by atoms with Gasteiger partial charge in [0.1, 0.15) is 5.75 Å². The van der Waals surface area contributed by atoms with Gasteiger partial charge in [0, 0.05) is 0 Å². The van der Waals surface area contributed by atoms with Gasteiger partial charge in [0.15, 0.2) is 6.29 Å². The van der Waals surface area contributed by atoms with Gasteiger partial charge < -0.3 is 4.74 Å². The predicted molar refractivity (Wildman–Crippen MR) is 104 cm³/mol. The summed E-state index contributed by atoms with van der Waals surface area (Å²) in [4.78, 5) is 11.8. The second kappa shape index (κ2) is 6.90. The third-order valence-corrected chi connectivity index (χ3v) is 7.76. The minimum Gasteiger partial charge on any atom is -0.496 e. The highest BCUT2D eigenvalue weighted by molar-refractivity contribution is 7.93. The Bertz CT molecular complexity index is 843. The van der Waals surface area contributed by atoms with E-state index in [-0.39, 0.29) is 0 Å².